The van der Waals surface area contributed by atoms with Crippen molar-refractivity contribution in [3.05, 3.63) is 59.7 Å². The van der Waals surface area contributed by atoms with Crippen LogP contribution in [0.4, 0.5) is 16.2 Å². The maximum absolute atomic E-state index is 12.8. The molecule has 25 heavy (non-hydrogen) atoms. The molecular weight excluding hydrogens is 316 g/mol. The summed E-state index contributed by atoms with van der Waals surface area (Å²) in [5, 5.41) is 2.51. The molecule has 6 nitrogen and oxygen atoms in total. The number of anilines is 2. The molecule has 1 heterocycles. The van der Waals surface area contributed by atoms with Gasteiger partial charge in [0.1, 0.15) is 0 Å². The molecular formula is C19H22N4O2. The van der Waals surface area contributed by atoms with Crippen molar-refractivity contribution in [1.29, 1.82) is 0 Å². The quantitative estimate of drug-likeness (QED) is 0.902. The Morgan fingerprint density at radius 2 is 1.60 bits per heavy atom. The van der Waals surface area contributed by atoms with Gasteiger partial charge in [-0.1, -0.05) is 29.8 Å². The third-order valence-electron chi connectivity index (χ3n) is 4.38. The van der Waals surface area contributed by atoms with Crippen LogP contribution in [0.5, 0.6) is 0 Å². The summed E-state index contributed by atoms with van der Waals surface area (Å²) in [6.07, 6.45) is 0. The fraction of sp³-hybridized carbons (Fsp3) is 0.263. The van der Waals surface area contributed by atoms with E-state index in [0.717, 1.165) is 13.1 Å². The van der Waals surface area contributed by atoms with Crippen molar-refractivity contribution in [3.63, 3.8) is 0 Å². The Morgan fingerprint density at radius 3 is 2.24 bits per heavy atom. The number of hydrogen-bond acceptors (Lipinski definition) is 3. The van der Waals surface area contributed by atoms with Gasteiger partial charge in [0.05, 0.1) is 11.3 Å². The van der Waals surface area contributed by atoms with Gasteiger partial charge < -0.3 is 20.9 Å². The Labute approximate surface area is 147 Å². The van der Waals surface area contributed by atoms with Crippen LogP contribution in [0, 0.1) is 6.92 Å². The summed E-state index contributed by atoms with van der Waals surface area (Å²) >= 11 is 0. The molecule has 0 unspecified atom stereocenters. The number of benzene rings is 2. The van der Waals surface area contributed by atoms with Crippen molar-refractivity contribution in [2.45, 2.75) is 6.92 Å². The van der Waals surface area contributed by atoms with E-state index in [1.165, 1.54) is 11.3 Å². The molecule has 0 saturated carbocycles. The van der Waals surface area contributed by atoms with E-state index in [1.54, 1.807) is 24.3 Å². The standard InChI is InChI=1S/C19H22N4O2/c1-14-6-8-15(9-7-14)22-10-12-23(13-11-22)18(24)16-4-2-3-5-17(16)21-19(20)25/h2-9H,10-13H2,1H3,(H3,20,21,25). The lowest BCUT2D eigenvalue weighted by atomic mass is 10.1. The molecule has 0 spiro atoms. The van der Waals surface area contributed by atoms with Crippen LogP contribution >= 0.6 is 0 Å². The molecule has 2 aromatic carbocycles. The summed E-state index contributed by atoms with van der Waals surface area (Å²) in [5.74, 6) is -0.0899. The number of amides is 3. The van der Waals surface area contributed by atoms with E-state index in [4.69, 9.17) is 5.73 Å². The normalized spacial score (nSPS) is 14.3. The predicted molar refractivity (Wildman–Crippen MR) is 98.9 cm³/mol. The monoisotopic (exact) mass is 338 g/mol. The number of nitrogens with zero attached hydrogens (tertiary/aromatic N) is 2. The van der Waals surface area contributed by atoms with Crippen LogP contribution in [-0.2, 0) is 0 Å². The Hall–Kier alpha value is -3.02. The highest BCUT2D eigenvalue weighted by atomic mass is 16.2. The van der Waals surface area contributed by atoms with Gasteiger partial charge in [-0.15, -0.1) is 0 Å². The fourth-order valence-electron chi connectivity index (χ4n) is 3.01. The first kappa shape index (κ1) is 16.8. The van der Waals surface area contributed by atoms with Crippen LogP contribution in [0.15, 0.2) is 48.5 Å². The number of aryl methyl sites for hydroxylation is 1. The van der Waals surface area contributed by atoms with E-state index in [9.17, 15) is 9.59 Å². The molecule has 0 radical (unpaired) electrons. The van der Waals surface area contributed by atoms with Gasteiger partial charge in [-0.3, -0.25) is 4.79 Å². The van der Waals surface area contributed by atoms with Crippen molar-refractivity contribution in [3.8, 4) is 0 Å². The first-order valence-corrected chi connectivity index (χ1v) is 8.31. The summed E-state index contributed by atoms with van der Waals surface area (Å²) in [7, 11) is 0. The second-order valence-corrected chi connectivity index (χ2v) is 6.15. The number of para-hydroxylation sites is 1. The summed E-state index contributed by atoms with van der Waals surface area (Å²) in [6.45, 7) is 4.90. The lowest BCUT2D eigenvalue weighted by Crippen LogP contribution is -2.49. The number of urea groups is 1. The highest BCUT2D eigenvalue weighted by molar-refractivity contribution is 6.03. The van der Waals surface area contributed by atoms with Gasteiger partial charge in [-0.2, -0.15) is 0 Å². The summed E-state index contributed by atoms with van der Waals surface area (Å²) in [5.41, 5.74) is 8.50. The zero-order chi connectivity index (χ0) is 17.8. The second-order valence-electron chi connectivity index (χ2n) is 6.15. The van der Waals surface area contributed by atoms with E-state index in [0.29, 0.717) is 24.3 Å². The smallest absolute Gasteiger partial charge is 0.316 e. The second kappa shape index (κ2) is 7.25. The number of primary amides is 1. The molecule has 1 aliphatic rings. The average molecular weight is 338 g/mol. The lowest BCUT2D eigenvalue weighted by molar-refractivity contribution is 0.0748. The number of hydrogen-bond donors (Lipinski definition) is 2. The van der Waals surface area contributed by atoms with Crippen LogP contribution in [0.1, 0.15) is 15.9 Å². The number of carbonyl (C=O) groups excluding carboxylic acids is 2. The number of nitrogens with two attached hydrogens (primary N) is 1. The highest BCUT2D eigenvalue weighted by Crippen LogP contribution is 2.21. The summed E-state index contributed by atoms with van der Waals surface area (Å²) in [4.78, 5) is 28.0. The van der Waals surface area contributed by atoms with Crippen molar-refractivity contribution in [2.24, 2.45) is 5.73 Å². The summed E-state index contributed by atoms with van der Waals surface area (Å²) in [6, 6.07) is 14.7. The Balaban J connectivity index is 1.68. The molecule has 0 aromatic heterocycles. The van der Waals surface area contributed by atoms with Crippen LogP contribution in [0.25, 0.3) is 0 Å². The van der Waals surface area contributed by atoms with Crippen LogP contribution in [0.2, 0.25) is 0 Å². The number of rotatable bonds is 3. The van der Waals surface area contributed by atoms with Gasteiger partial charge in [0.25, 0.3) is 5.91 Å². The highest BCUT2D eigenvalue weighted by Gasteiger charge is 2.24. The number of nitrogens with one attached hydrogen (secondary N) is 1. The predicted octanol–water partition coefficient (Wildman–Crippen LogP) is 2.45. The van der Waals surface area contributed by atoms with Gasteiger partial charge in [-0.05, 0) is 31.2 Å². The minimum Gasteiger partial charge on any atom is -0.368 e. The zero-order valence-electron chi connectivity index (χ0n) is 14.2. The molecule has 3 N–H and O–H groups in total. The van der Waals surface area contributed by atoms with E-state index in [2.05, 4.69) is 41.4 Å². The topological polar surface area (TPSA) is 78.7 Å². The SMILES string of the molecule is Cc1ccc(N2CCN(C(=O)c3ccccc3NC(N)=O)CC2)cc1. The lowest BCUT2D eigenvalue weighted by Gasteiger charge is -2.36. The van der Waals surface area contributed by atoms with Gasteiger partial charge in [0.2, 0.25) is 0 Å². The molecule has 0 aliphatic carbocycles. The van der Waals surface area contributed by atoms with E-state index >= 15 is 0 Å². The maximum atomic E-state index is 12.8. The Bertz CT molecular complexity index is 765. The van der Waals surface area contributed by atoms with Crippen molar-refractivity contribution in [1.82, 2.24) is 4.90 Å². The van der Waals surface area contributed by atoms with Crippen molar-refractivity contribution in [2.75, 3.05) is 36.4 Å². The molecule has 6 heteroatoms. The van der Waals surface area contributed by atoms with Gasteiger partial charge in [0.15, 0.2) is 0 Å². The summed E-state index contributed by atoms with van der Waals surface area (Å²) < 4.78 is 0. The molecule has 0 bridgehead atoms. The molecule has 1 saturated heterocycles. The van der Waals surface area contributed by atoms with Gasteiger partial charge in [-0.25, -0.2) is 4.79 Å². The average Bonchev–Trinajstić information content (AvgIpc) is 2.62. The van der Waals surface area contributed by atoms with Crippen molar-refractivity contribution < 1.29 is 9.59 Å². The minimum atomic E-state index is -0.676. The van der Waals surface area contributed by atoms with Gasteiger partial charge >= 0.3 is 6.03 Å². The third-order valence-corrected chi connectivity index (χ3v) is 4.38. The van der Waals surface area contributed by atoms with Crippen LogP contribution in [-0.4, -0.2) is 43.0 Å². The zero-order valence-corrected chi connectivity index (χ0v) is 14.2. The molecule has 3 amide bonds. The first-order valence-electron chi connectivity index (χ1n) is 8.31. The van der Waals surface area contributed by atoms with Crippen LogP contribution < -0.4 is 16.0 Å². The Kier molecular flexibility index (Phi) is 4.88. The number of carbonyl (C=O) groups is 2. The maximum Gasteiger partial charge on any atom is 0.316 e. The Morgan fingerprint density at radius 1 is 0.960 bits per heavy atom. The van der Waals surface area contributed by atoms with E-state index in [-0.39, 0.29) is 5.91 Å². The minimum absolute atomic E-state index is 0.0899. The third kappa shape index (κ3) is 3.91. The number of piperazine rings is 1. The molecule has 2 aromatic rings. The van der Waals surface area contributed by atoms with E-state index < -0.39 is 6.03 Å². The molecule has 1 aliphatic heterocycles. The molecule has 130 valence electrons. The van der Waals surface area contributed by atoms with Crippen LogP contribution in [0.3, 0.4) is 0 Å². The van der Waals surface area contributed by atoms with E-state index in [1.807, 2.05) is 4.90 Å². The molecule has 3 rings (SSSR count). The molecule has 0 atom stereocenters. The van der Waals surface area contributed by atoms with Gasteiger partial charge in [0, 0.05) is 31.9 Å². The first-order chi connectivity index (χ1) is 12.0. The molecule has 1 fully saturated rings. The van der Waals surface area contributed by atoms with Crippen molar-refractivity contribution >= 4 is 23.3 Å². The largest absolute Gasteiger partial charge is 0.368 e. The fourth-order valence-corrected chi connectivity index (χ4v) is 3.01.